The maximum atomic E-state index is 12.6. The molecule has 0 bridgehead atoms. The molecule has 2 aromatic heterocycles. The molecule has 0 radical (unpaired) electrons. The molecule has 2 aromatic carbocycles. The lowest BCUT2D eigenvalue weighted by Gasteiger charge is -2.15. The Morgan fingerprint density at radius 3 is 2.70 bits per heavy atom. The second-order valence-corrected chi connectivity index (χ2v) is 9.54. The molecule has 0 fully saturated rings. The Bertz CT molecular complexity index is 1380. The van der Waals surface area contributed by atoms with Crippen LogP contribution in [0.2, 0.25) is 0 Å². The Labute approximate surface area is 197 Å². The fraction of sp³-hybridized carbons (Fsp3) is 0.217. The van der Waals surface area contributed by atoms with E-state index in [0.29, 0.717) is 22.3 Å². The van der Waals surface area contributed by atoms with Crippen LogP contribution in [0.5, 0.6) is 5.75 Å². The van der Waals surface area contributed by atoms with Crippen molar-refractivity contribution in [1.82, 2.24) is 14.8 Å². The quantitative estimate of drug-likeness (QED) is 0.434. The summed E-state index contributed by atoms with van der Waals surface area (Å²) in [5, 5.41) is 8.30. The summed E-state index contributed by atoms with van der Waals surface area (Å²) in [6, 6.07) is 13.0. The number of carbonyl (C=O) groups excluding carboxylic acids is 2. The largest absolute Gasteiger partial charge is 0.497 e. The van der Waals surface area contributed by atoms with Gasteiger partial charge >= 0.3 is 5.97 Å². The van der Waals surface area contributed by atoms with E-state index >= 15 is 0 Å². The normalized spacial score (nSPS) is 15.6. The van der Waals surface area contributed by atoms with E-state index in [1.807, 2.05) is 37.3 Å². The zero-order valence-electron chi connectivity index (χ0n) is 18.1. The summed E-state index contributed by atoms with van der Waals surface area (Å²) in [6.45, 7) is 1.93. The molecule has 0 spiro atoms. The molecule has 168 valence electrons. The molecule has 1 atom stereocenters. The lowest BCUT2D eigenvalue weighted by molar-refractivity contribution is -0.113. The Hall–Kier alpha value is -3.37. The lowest BCUT2D eigenvalue weighted by atomic mass is 10.0. The van der Waals surface area contributed by atoms with Crippen LogP contribution in [-0.4, -0.2) is 46.6 Å². The number of rotatable bonds is 4. The molecule has 3 heterocycles. The summed E-state index contributed by atoms with van der Waals surface area (Å²) < 4.78 is 12.8. The molecule has 10 heteroatoms. The smallest absolute Gasteiger partial charge is 0.337 e. The van der Waals surface area contributed by atoms with Crippen molar-refractivity contribution in [3.63, 3.8) is 0 Å². The summed E-state index contributed by atoms with van der Waals surface area (Å²) in [4.78, 5) is 29.1. The number of benzene rings is 2. The predicted octanol–water partition coefficient (Wildman–Crippen LogP) is 4.36. The predicted molar refractivity (Wildman–Crippen MR) is 129 cm³/mol. The highest BCUT2D eigenvalue weighted by Gasteiger charge is 2.31. The number of hydrogen-bond acceptors (Lipinski definition) is 8. The standard InChI is InChI=1S/C23H20N4O4S2/c1-12-19-20(13-4-6-14(7-5-13)22(29)31-3)32-11-18(28)25-21(19)27(26-12)23-24-16-9-8-15(30-2)10-17(16)33-23/h4-10,20H,11H2,1-3H3,(H,25,28)/t20-/m0/s1. The first kappa shape index (κ1) is 21.5. The van der Waals surface area contributed by atoms with Gasteiger partial charge in [0.2, 0.25) is 11.0 Å². The number of aryl methyl sites for hydroxylation is 1. The molecular formula is C23H20N4O4S2. The summed E-state index contributed by atoms with van der Waals surface area (Å²) in [5.41, 5.74) is 4.02. The van der Waals surface area contributed by atoms with Gasteiger partial charge in [0.25, 0.3) is 0 Å². The number of aromatic nitrogens is 3. The molecule has 0 saturated carbocycles. The van der Waals surface area contributed by atoms with Crippen LogP contribution in [0.25, 0.3) is 15.3 Å². The SMILES string of the molecule is COC(=O)c1ccc([C@@H]2SCC(=O)Nc3c2c(C)nn3-c2nc3ccc(OC)cc3s2)cc1. The van der Waals surface area contributed by atoms with E-state index in [4.69, 9.17) is 19.6 Å². The molecule has 1 N–H and O–H groups in total. The molecule has 1 aliphatic rings. The number of amides is 1. The van der Waals surface area contributed by atoms with Gasteiger partial charge in [-0.1, -0.05) is 23.5 Å². The van der Waals surface area contributed by atoms with Crippen LogP contribution in [-0.2, 0) is 9.53 Å². The summed E-state index contributed by atoms with van der Waals surface area (Å²) in [6.07, 6.45) is 0. The van der Waals surface area contributed by atoms with Gasteiger partial charge in [-0.2, -0.15) is 9.78 Å². The zero-order chi connectivity index (χ0) is 23.1. The van der Waals surface area contributed by atoms with Crippen LogP contribution in [0, 0.1) is 6.92 Å². The first-order chi connectivity index (χ1) is 16.0. The third-order valence-corrected chi connectivity index (χ3v) is 7.67. The van der Waals surface area contributed by atoms with E-state index in [9.17, 15) is 9.59 Å². The minimum Gasteiger partial charge on any atom is -0.497 e. The summed E-state index contributed by atoms with van der Waals surface area (Å²) >= 11 is 3.00. The number of anilines is 1. The number of thiazole rings is 1. The third kappa shape index (κ3) is 3.85. The number of carbonyl (C=O) groups is 2. The van der Waals surface area contributed by atoms with Crippen LogP contribution < -0.4 is 10.1 Å². The van der Waals surface area contributed by atoms with Crippen LogP contribution in [0.4, 0.5) is 5.82 Å². The second kappa shape index (κ2) is 8.53. The van der Waals surface area contributed by atoms with E-state index in [1.54, 1.807) is 23.9 Å². The number of ether oxygens (including phenoxy) is 2. The Morgan fingerprint density at radius 1 is 1.18 bits per heavy atom. The maximum absolute atomic E-state index is 12.6. The number of nitrogens with zero attached hydrogens (tertiary/aromatic N) is 3. The van der Waals surface area contributed by atoms with Crippen molar-refractivity contribution >= 4 is 51.0 Å². The molecule has 4 aromatic rings. The monoisotopic (exact) mass is 480 g/mol. The number of hydrogen-bond donors (Lipinski definition) is 1. The summed E-state index contributed by atoms with van der Waals surface area (Å²) in [5.74, 6) is 1.20. The van der Waals surface area contributed by atoms with Crippen molar-refractivity contribution in [2.75, 3.05) is 25.3 Å². The highest BCUT2D eigenvalue weighted by Crippen LogP contribution is 2.44. The van der Waals surface area contributed by atoms with Crippen molar-refractivity contribution in [3.05, 3.63) is 64.8 Å². The van der Waals surface area contributed by atoms with Gasteiger partial charge in [0.05, 0.1) is 46.7 Å². The molecule has 8 nitrogen and oxygen atoms in total. The topological polar surface area (TPSA) is 95.3 Å². The van der Waals surface area contributed by atoms with Crippen LogP contribution >= 0.6 is 23.1 Å². The van der Waals surface area contributed by atoms with Crippen molar-refractivity contribution in [3.8, 4) is 10.9 Å². The lowest BCUT2D eigenvalue weighted by Crippen LogP contribution is -2.15. The molecule has 0 saturated heterocycles. The van der Waals surface area contributed by atoms with Crippen LogP contribution in [0.1, 0.15) is 32.4 Å². The minimum absolute atomic E-state index is 0.0983. The van der Waals surface area contributed by atoms with E-state index in [0.717, 1.165) is 32.8 Å². The van der Waals surface area contributed by atoms with Crippen molar-refractivity contribution in [2.45, 2.75) is 12.2 Å². The third-order valence-electron chi connectivity index (χ3n) is 5.41. The number of nitrogens with one attached hydrogen (secondary N) is 1. The Balaban J connectivity index is 1.60. The van der Waals surface area contributed by atoms with Gasteiger partial charge < -0.3 is 14.8 Å². The average molecular weight is 481 g/mol. The first-order valence-electron chi connectivity index (χ1n) is 10.1. The highest BCUT2D eigenvalue weighted by molar-refractivity contribution is 8.00. The van der Waals surface area contributed by atoms with Gasteiger partial charge in [-0.05, 0) is 42.8 Å². The van der Waals surface area contributed by atoms with Crippen molar-refractivity contribution < 1.29 is 19.1 Å². The minimum atomic E-state index is -0.385. The first-order valence-corrected chi connectivity index (χ1v) is 12.0. The molecule has 0 aliphatic carbocycles. The van der Waals surface area contributed by atoms with Gasteiger partial charge in [-0.15, -0.1) is 11.8 Å². The van der Waals surface area contributed by atoms with Gasteiger partial charge in [-0.25, -0.2) is 9.78 Å². The van der Waals surface area contributed by atoms with E-state index in [2.05, 4.69) is 5.32 Å². The number of fused-ring (bicyclic) bond motifs is 2. The summed E-state index contributed by atoms with van der Waals surface area (Å²) in [7, 11) is 2.99. The number of thioether (sulfide) groups is 1. The zero-order valence-corrected chi connectivity index (χ0v) is 19.8. The maximum Gasteiger partial charge on any atom is 0.337 e. The molecule has 33 heavy (non-hydrogen) atoms. The Kier molecular flexibility index (Phi) is 5.55. The van der Waals surface area contributed by atoms with E-state index < -0.39 is 0 Å². The number of esters is 1. The molecule has 5 rings (SSSR count). The number of methoxy groups -OCH3 is 2. The molecular weight excluding hydrogens is 460 g/mol. The van der Waals surface area contributed by atoms with Crippen molar-refractivity contribution in [1.29, 1.82) is 0 Å². The molecule has 1 amide bonds. The van der Waals surface area contributed by atoms with Gasteiger partial charge in [0.15, 0.2) is 0 Å². The second-order valence-electron chi connectivity index (χ2n) is 7.44. The van der Waals surface area contributed by atoms with Gasteiger partial charge in [0.1, 0.15) is 11.6 Å². The highest BCUT2D eigenvalue weighted by atomic mass is 32.2. The van der Waals surface area contributed by atoms with E-state index in [-0.39, 0.29) is 17.1 Å². The van der Waals surface area contributed by atoms with Crippen molar-refractivity contribution in [2.24, 2.45) is 0 Å². The van der Waals surface area contributed by atoms with Crippen LogP contribution in [0.3, 0.4) is 0 Å². The van der Waals surface area contributed by atoms with Gasteiger partial charge in [-0.3, -0.25) is 4.79 Å². The molecule has 0 unspecified atom stereocenters. The Morgan fingerprint density at radius 2 is 1.97 bits per heavy atom. The van der Waals surface area contributed by atoms with Gasteiger partial charge in [0, 0.05) is 5.56 Å². The average Bonchev–Trinajstić information content (AvgIpc) is 3.34. The fourth-order valence-corrected chi connectivity index (χ4v) is 5.95. The van der Waals surface area contributed by atoms with Crippen LogP contribution in [0.15, 0.2) is 42.5 Å². The van der Waals surface area contributed by atoms with E-state index in [1.165, 1.54) is 30.2 Å². The molecule has 1 aliphatic heterocycles. The fourth-order valence-electron chi connectivity index (χ4n) is 3.81.